The average molecular weight is 1700 g/mol. The van der Waals surface area contributed by atoms with Crippen molar-refractivity contribution in [3.05, 3.63) is 107 Å². The van der Waals surface area contributed by atoms with E-state index < -0.39 is 155 Å². The summed E-state index contributed by atoms with van der Waals surface area (Å²) in [6.07, 6.45) is -5.81. The van der Waals surface area contributed by atoms with Crippen molar-refractivity contribution in [2.75, 3.05) is 52.4 Å². The van der Waals surface area contributed by atoms with Crippen molar-refractivity contribution in [1.82, 2.24) is 0 Å². The van der Waals surface area contributed by atoms with Crippen LogP contribution in [0.2, 0.25) is 0 Å². The second kappa shape index (κ2) is 34.3. The first-order valence-electron chi connectivity index (χ1n) is 22.7. The number of hydrogen-bond acceptors (Lipinski definition) is 4. The largest absolute Gasteiger partial charge is 1.00 e. The number of ether oxygens (including phenoxy) is 4. The fourth-order valence-corrected chi connectivity index (χ4v) is 8.46. The Balaban J connectivity index is 0. The predicted octanol–water partition coefficient (Wildman–Crippen LogP) is 10.3. The molecule has 0 heterocycles. The molecule has 0 aliphatic carbocycles. The molecule has 436 valence electrons. The molecule has 6 nitrogen and oxygen atoms in total. The normalized spacial score (nSPS) is 12.7. The summed E-state index contributed by atoms with van der Waals surface area (Å²) < 4.78 is 238. The molecule has 0 unspecified atom stereocenters. The lowest BCUT2D eigenvalue weighted by Crippen LogP contribution is -3.00. The third-order valence-electron chi connectivity index (χ3n) is 12.6. The number of hydrogen-bond donors (Lipinski definition) is 0. The van der Waals surface area contributed by atoms with Gasteiger partial charge in [-0.1, -0.05) is 0 Å². The van der Waals surface area contributed by atoms with Gasteiger partial charge >= 0.3 is 0 Å². The van der Waals surface area contributed by atoms with Gasteiger partial charge in [0.1, 0.15) is 24.4 Å². The van der Waals surface area contributed by atoms with E-state index in [0.717, 1.165) is 118 Å². The quantitative estimate of drug-likeness (QED) is 0.0327. The van der Waals surface area contributed by atoms with Crippen molar-refractivity contribution in [3.63, 3.8) is 0 Å². The van der Waals surface area contributed by atoms with E-state index in [9.17, 15) is 70.2 Å². The third kappa shape index (κ3) is 18.4. The molecule has 4 aromatic rings. The molecule has 4 rings (SSSR count). The van der Waals surface area contributed by atoms with Crippen LogP contribution in [0.5, 0.6) is 23.0 Å². The van der Waals surface area contributed by atoms with E-state index in [2.05, 4.69) is 55.4 Å². The molecule has 0 N–H and O–H groups in total. The summed E-state index contributed by atoms with van der Waals surface area (Å²) in [6.45, 7) is 32.8. The first-order valence-corrected chi connectivity index (χ1v) is 27.0. The van der Waals surface area contributed by atoms with Crippen molar-refractivity contribution in [2.45, 2.75) is 108 Å². The summed E-state index contributed by atoms with van der Waals surface area (Å²) in [5, 5.41) is 0. The minimum atomic E-state index is -1.83. The second-order valence-corrected chi connectivity index (χ2v) is 20.4. The van der Waals surface area contributed by atoms with Crippen molar-refractivity contribution >= 4 is 90.4 Å². The van der Waals surface area contributed by atoms with E-state index >= 15 is 0 Å². The van der Waals surface area contributed by atoms with Crippen LogP contribution in [0.3, 0.4) is 0 Å². The molecule has 0 radical (unpaired) electrons. The summed E-state index contributed by atoms with van der Waals surface area (Å²) in [5.41, 5.74) is 0. The molecule has 0 fully saturated rings. The molecule has 4 atom stereocenters. The predicted molar refractivity (Wildman–Crippen MR) is 281 cm³/mol. The molecular weight excluding hydrogens is 1640 g/mol. The first kappa shape index (κ1) is 76.8. The van der Waals surface area contributed by atoms with Gasteiger partial charge in [0.15, 0.2) is 69.5 Å². The van der Waals surface area contributed by atoms with Crippen LogP contribution in [0.25, 0.3) is 0 Å². The molecule has 0 spiro atoms. The summed E-state index contributed by atoms with van der Waals surface area (Å²) in [7, 11) is 0. The van der Waals surface area contributed by atoms with Gasteiger partial charge in [0.05, 0.1) is 66.6 Å². The molecule has 76 heavy (non-hydrogen) atoms. The highest BCUT2D eigenvalue weighted by Gasteiger charge is 2.33. The van der Waals surface area contributed by atoms with E-state index in [1.165, 1.54) is 61.3 Å². The lowest BCUT2D eigenvalue weighted by Gasteiger charge is -2.34. The molecule has 0 amide bonds. The Labute approximate surface area is 507 Å². The fourth-order valence-electron chi connectivity index (χ4n) is 6.56. The van der Waals surface area contributed by atoms with E-state index in [1.54, 1.807) is 0 Å². The summed E-state index contributed by atoms with van der Waals surface area (Å²) in [5.74, 6) is -33.9. The van der Waals surface area contributed by atoms with Crippen molar-refractivity contribution < 1.29 is 132 Å². The molecule has 4 aromatic carbocycles. The molecule has 0 saturated carbocycles. The number of benzene rings is 4. The smallest absolute Gasteiger partial charge is 0.205 e. The van der Waals surface area contributed by atoms with Gasteiger partial charge in [-0.3, -0.25) is 0 Å². The zero-order chi connectivity index (χ0) is 57.7. The minimum absolute atomic E-state index is 0. The van der Waals surface area contributed by atoms with Crippen LogP contribution in [0.4, 0.5) is 70.2 Å². The second-order valence-electron chi connectivity index (χ2n) is 16.1. The summed E-state index contributed by atoms with van der Waals surface area (Å²) >= 11 is 4.20. The van der Waals surface area contributed by atoms with Crippen LogP contribution in [-0.2, 0) is 0 Å². The van der Waals surface area contributed by atoms with E-state index in [1.807, 2.05) is 0 Å². The molecular formula is C48H56Br2F16I4N2O4. The van der Waals surface area contributed by atoms with Crippen LogP contribution in [0.15, 0.2) is 0 Å². The Bertz CT molecular complexity index is 2080. The van der Waals surface area contributed by atoms with Gasteiger partial charge in [0.25, 0.3) is 0 Å². The Morgan fingerprint density at radius 3 is 0.447 bits per heavy atom. The minimum Gasteiger partial charge on any atom is -1.00 e. The highest BCUT2D eigenvalue weighted by Crippen LogP contribution is 2.36. The Morgan fingerprint density at radius 1 is 0.263 bits per heavy atom. The summed E-state index contributed by atoms with van der Waals surface area (Å²) in [6, 6.07) is 0. The molecule has 0 saturated heterocycles. The molecule has 0 aromatic heterocycles. The van der Waals surface area contributed by atoms with E-state index in [4.69, 9.17) is 18.9 Å². The van der Waals surface area contributed by atoms with E-state index in [-0.39, 0.29) is 34.0 Å². The fraction of sp³-hybridized carbons (Fsp3) is 0.500. The van der Waals surface area contributed by atoms with Gasteiger partial charge in [-0.15, -0.1) is 0 Å². The van der Waals surface area contributed by atoms with Crippen molar-refractivity contribution in [3.8, 4) is 23.0 Å². The third-order valence-corrected chi connectivity index (χ3v) is 16.4. The SMILES string of the molecule is CC[N+](CC)(CC)CC.CC[N+](CC)(CC)CC.C[C@@H](Oc1c(F)c(F)c(I)c(F)c1F)[C@@H](C)Oc1c(F)c(F)c(I)c(F)c1F.C[C@@H](Oc1c(F)c(F)c(I)c(F)c1F)[C@@H](C)Oc1c(F)c(F)c(I)c(F)c1F.[Br-].[Br-]. The zero-order valence-corrected chi connectivity index (χ0v) is 54.6. The standard InChI is InChI=1S/2C16H8F8I2O2.2C8H20N.2BrH/c2*1-3(27-15-9(21)5(17)13(25)6(18)10(15)22)4(2)28-16-11(23)7(19)14(26)8(20)12(16)24;2*1-5-9(6-2,7-3)8-4;;/h2*3-4H,1-2H3;2*5-8H2,1-4H3;2*1H/q;;2*+1;;/p-2/t2*3-,4-;;;;/m11..../s1. The highest BCUT2D eigenvalue weighted by atomic mass is 127. The maximum absolute atomic E-state index is 13.9. The monoisotopic (exact) mass is 1690 g/mol. The Hall–Kier alpha value is -1.24. The summed E-state index contributed by atoms with van der Waals surface area (Å²) in [4.78, 5) is 0. The van der Waals surface area contributed by atoms with Gasteiger partial charge in [-0.2, -0.15) is 35.1 Å². The zero-order valence-electron chi connectivity index (χ0n) is 42.8. The lowest BCUT2D eigenvalue weighted by molar-refractivity contribution is -0.921. The highest BCUT2D eigenvalue weighted by molar-refractivity contribution is 14.1. The molecule has 0 aliphatic heterocycles. The van der Waals surface area contributed by atoms with Crippen LogP contribution in [0.1, 0.15) is 83.1 Å². The van der Waals surface area contributed by atoms with Gasteiger partial charge in [0.2, 0.25) is 46.5 Å². The Kier molecular flexibility index (Phi) is 34.6. The average Bonchev–Trinajstić information content (AvgIpc) is 3.40. The number of rotatable bonds is 18. The van der Waals surface area contributed by atoms with Crippen molar-refractivity contribution in [2.24, 2.45) is 0 Å². The number of quaternary nitrogens is 2. The van der Waals surface area contributed by atoms with Crippen LogP contribution in [-0.4, -0.2) is 85.7 Å². The first-order chi connectivity index (χ1) is 34.3. The maximum Gasteiger partial charge on any atom is 0.205 e. The van der Waals surface area contributed by atoms with Crippen LogP contribution >= 0.6 is 90.4 Å². The van der Waals surface area contributed by atoms with Crippen molar-refractivity contribution in [1.29, 1.82) is 0 Å². The number of nitrogens with zero attached hydrogens (tertiary/aromatic N) is 2. The van der Waals surface area contributed by atoms with Gasteiger partial charge in [-0.25, -0.2) is 35.1 Å². The molecule has 28 heteroatoms. The molecule has 0 aliphatic rings. The van der Waals surface area contributed by atoms with Gasteiger partial charge < -0.3 is 61.9 Å². The Morgan fingerprint density at radius 2 is 0.368 bits per heavy atom. The maximum atomic E-state index is 13.9. The van der Waals surface area contributed by atoms with E-state index in [0.29, 0.717) is 0 Å². The van der Waals surface area contributed by atoms with Crippen LogP contribution < -0.4 is 52.9 Å². The lowest BCUT2D eigenvalue weighted by atomic mass is 10.2. The topological polar surface area (TPSA) is 36.9 Å². The van der Waals surface area contributed by atoms with Crippen LogP contribution in [0, 0.1) is 107 Å². The van der Waals surface area contributed by atoms with Gasteiger partial charge in [-0.05, 0) is 173 Å². The van der Waals surface area contributed by atoms with Gasteiger partial charge in [0, 0.05) is 0 Å². The molecule has 0 bridgehead atoms. The number of halogens is 22.